The number of hydrogen-bond acceptors (Lipinski definition) is 6. The largest absolute Gasteiger partial charge is 0.756 e. The molecule has 0 saturated carbocycles. The number of phosphoric ester groups is 1. The Hall–Kier alpha value is -2.84. The lowest BCUT2D eigenvalue weighted by molar-refractivity contribution is -0.870. The Morgan fingerprint density at radius 3 is 1.11 bits per heavy atom. The summed E-state index contributed by atoms with van der Waals surface area (Å²) in [5.41, 5.74) is 0. The van der Waals surface area contributed by atoms with Gasteiger partial charge in [-0.1, -0.05) is 303 Å². The number of nitrogens with zero attached hydrogens (tertiary/aromatic N) is 1. The number of phosphoric acid groups is 1. The van der Waals surface area contributed by atoms with Gasteiger partial charge < -0.3 is 28.8 Å². The highest BCUT2D eigenvalue weighted by atomic mass is 31.2. The summed E-state index contributed by atoms with van der Waals surface area (Å²) in [6.45, 7) is 4.62. The number of carbonyl (C=O) groups excluding carboxylic acids is 1. The topological polar surface area (TPSA) is 108 Å². The zero-order chi connectivity index (χ0) is 58.4. The predicted octanol–water partition coefficient (Wildman–Crippen LogP) is 20.5. The fourth-order valence-corrected chi connectivity index (χ4v) is 10.1. The van der Waals surface area contributed by atoms with Crippen molar-refractivity contribution in [1.29, 1.82) is 0 Å². The average molecular weight is 1140 g/mol. The first-order valence-electron chi connectivity index (χ1n) is 33.2. The SMILES string of the molecule is CC/C=C\C/C=C\C/C=C\C/C=C\C/C=C\C/C=C\C/C=C\C/C=C\C/C=C\CCCCCCCCCCCCCC(=O)NC(COP(=O)([O-])OCC[N+](C)(C)C)C(O)CCCCCCCCCCCCCCCCCCCCC. The Balaban J connectivity index is 4.07. The molecule has 0 aliphatic heterocycles. The predicted molar refractivity (Wildman–Crippen MR) is 348 cm³/mol. The van der Waals surface area contributed by atoms with Crippen molar-refractivity contribution in [3.63, 3.8) is 0 Å². The third-order valence-corrected chi connectivity index (χ3v) is 15.5. The van der Waals surface area contributed by atoms with Crippen LogP contribution in [0.4, 0.5) is 0 Å². The van der Waals surface area contributed by atoms with Crippen LogP contribution in [0.5, 0.6) is 0 Å². The number of unbranched alkanes of at least 4 members (excludes halogenated alkanes) is 29. The number of rotatable bonds is 60. The number of amides is 1. The minimum atomic E-state index is -4.58. The maximum Gasteiger partial charge on any atom is 0.268 e. The molecule has 0 aromatic rings. The van der Waals surface area contributed by atoms with Gasteiger partial charge in [0, 0.05) is 6.42 Å². The normalized spacial score (nSPS) is 14.4. The van der Waals surface area contributed by atoms with Gasteiger partial charge >= 0.3 is 0 Å². The van der Waals surface area contributed by atoms with E-state index in [0.717, 1.165) is 96.3 Å². The molecule has 2 N–H and O–H groups in total. The number of nitrogens with one attached hydrogen (secondary N) is 1. The smallest absolute Gasteiger partial charge is 0.268 e. The number of likely N-dealkylation sites (N-methyl/N-ethyl adjacent to an activating group) is 1. The van der Waals surface area contributed by atoms with Crippen molar-refractivity contribution in [3.05, 3.63) is 109 Å². The Bertz CT molecular complexity index is 1670. The molecule has 0 saturated heterocycles. The lowest BCUT2D eigenvalue weighted by Gasteiger charge is -2.30. The maximum absolute atomic E-state index is 13.0. The van der Waals surface area contributed by atoms with E-state index >= 15 is 0 Å². The van der Waals surface area contributed by atoms with E-state index in [9.17, 15) is 19.4 Å². The summed E-state index contributed by atoms with van der Waals surface area (Å²) < 4.78 is 23.5. The highest BCUT2D eigenvalue weighted by Gasteiger charge is 2.24. The van der Waals surface area contributed by atoms with E-state index in [-0.39, 0.29) is 19.1 Å². The summed E-state index contributed by atoms with van der Waals surface area (Å²) in [5, 5.41) is 14.1. The van der Waals surface area contributed by atoms with E-state index in [4.69, 9.17) is 9.05 Å². The van der Waals surface area contributed by atoms with Crippen LogP contribution in [0.3, 0.4) is 0 Å². The minimum Gasteiger partial charge on any atom is -0.756 e. The second kappa shape index (κ2) is 60.7. The summed E-state index contributed by atoms with van der Waals surface area (Å²) in [6, 6.07) is -0.809. The van der Waals surface area contributed by atoms with E-state index in [0.29, 0.717) is 23.9 Å². The van der Waals surface area contributed by atoms with Gasteiger partial charge in [0.05, 0.1) is 39.9 Å². The van der Waals surface area contributed by atoms with Crippen LogP contribution in [0.15, 0.2) is 109 Å². The monoisotopic (exact) mass is 1130 g/mol. The molecule has 0 aromatic heterocycles. The molecule has 3 atom stereocenters. The molecule has 0 fully saturated rings. The Morgan fingerprint density at radius 1 is 0.450 bits per heavy atom. The van der Waals surface area contributed by atoms with Gasteiger partial charge in [-0.25, -0.2) is 0 Å². The van der Waals surface area contributed by atoms with E-state index in [1.807, 2.05) is 21.1 Å². The van der Waals surface area contributed by atoms with Gasteiger partial charge in [0.15, 0.2) is 0 Å². The molecule has 9 heteroatoms. The zero-order valence-corrected chi connectivity index (χ0v) is 53.6. The van der Waals surface area contributed by atoms with Crippen molar-refractivity contribution in [3.8, 4) is 0 Å². The lowest BCUT2D eigenvalue weighted by Crippen LogP contribution is -2.46. The van der Waals surface area contributed by atoms with E-state index < -0.39 is 20.0 Å². The zero-order valence-electron chi connectivity index (χ0n) is 52.7. The first-order chi connectivity index (χ1) is 39.0. The molecule has 0 aliphatic rings. The van der Waals surface area contributed by atoms with Crippen LogP contribution < -0.4 is 10.2 Å². The molecule has 0 radical (unpaired) electrons. The van der Waals surface area contributed by atoms with Crippen molar-refractivity contribution in [2.45, 2.75) is 296 Å². The second-order valence-electron chi connectivity index (χ2n) is 23.4. The highest BCUT2D eigenvalue weighted by Crippen LogP contribution is 2.38. The molecule has 80 heavy (non-hydrogen) atoms. The number of hydrogen-bond donors (Lipinski definition) is 2. The number of carbonyl (C=O) groups is 1. The standard InChI is InChI=1S/C71H127N2O6P/c1-6-8-10-12-14-16-18-20-22-24-26-27-28-29-30-31-32-33-34-35-36-37-38-39-40-41-42-43-44-45-47-49-51-53-55-57-59-61-63-65-71(75)72-69(68-79-80(76,77)78-67-66-73(3,4)5)70(74)64-62-60-58-56-54-52-50-48-46-25-23-21-19-17-15-13-11-9-7-2/h8,10,14,16,20,22,26-27,29-30,32-33,35-36,38-39,41-42,69-70,74H,6-7,9,11-13,15,17-19,21,23-25,28,31,34,37,40,43-68H2,1-5H3,(H-,72,75,76,77)/b10-8-,16-14-,22-20-,27-26-,30-29-,33-32-,36-35-,39-38-,42-41-. The molecular formula is C71H127N2O6P. The highest BCUT2D eigenvalue weighted by molar-refractivity contribution is 7.45. The molecule has 0 heterocycles. The molecule has 462 valence electrons. The maximum atomic E-state index is 13.0. The van der Waals surface area contributed by atoms with Crippen molar-refractivity contribution in [1.82, 2.24) is 5.32 Å². The van der Waals surface area contributed by atoms with Crippen LogP contribution in [-0.2, 0) is 18.4 Å². The van der Waals surface area contributed by atoms with Gasteiger partial charge in [-0.2, -0.15) is 0 Å². The number of allylic oxidation sites excluding steroid dienone is 18. The van der Waals surface area contributed by atoms with Gasteiger partial charge in [0.25, 0.3) is 7.82 Å². The summed E-state index contributed by atoms with van der Waals surface area (Å²) in [4.78, 5) is 25.6. The van der Waals surface area contributed by atoms with E-state index in [1.165, 1.54) is 161 Å². The Labute approximate surface area is 495 Å². The van der Waals surface area contributed by atoms with Crippen LogP contribution >= 0.6 is 7.82 Å². The molecule has 0 bridgehead atoms. The number of aliphatic hydroxyl groups excluding tert-OH is 1. The van der Waals surface area contributed by atoms with Crippen molar-refractivity contribution in [2.75, 3.05) is 40.9 Å². The van der Waals surface area contributed by atoms with Crippen LogP contribution in [-0.4, -0.2) is 68.5 Å². The molecular weight excluding hydrogens is 1010 g/mol. The fourth-order valence-electron chi connectivity index (χ4n) is 9.39. The van der Waals surface area contributed by atoms with Gasteiger partial charge in [0.1, 0.15) is 13.2 Å². The molecule has 1 amide bonds. The molecule has 0 aliphatic carbocycles. The Kier molecular flexibility index (Phi) is 58.6. The molecule has 0 aromatic carbocycles. The van der Waals surface area contributed by atoms with Gasteiger partial charge in [-0.05, 0) is 83.5 Å². The van der Waals surface area contributed by atoms with Crippen LogP contribution in [0, 0.1) is 0 Å². The first-order valence-corrected chi connectivity index (χ1v) is 34.7. The lowest BCUT2D eigenvalue weighted by atomic mass is 10.0. The summed E-state index contributed by atoms with van der Waals surface area (Å²) in [7, 11) is 1.30. The van der Waals surface area contributed by atoms with Crippen molar-refractivity contribution in [2.24, 2.45) is 0 Å². The summed E-state index contributed by atoms with van der Waals surface area (Å²) in [5.74, 6) is -0.169. The fraction of sp³-hybridized carbons (Fsp3) is 0.732. The first kappa shape index (κ1) is 77.2. The van der Waals surface area contributed by atoms with Crippen molar-refractivity contribution < 1.29 is 32.9 Å². The molecule has 0 rings (SSSR count). The van der Waals surface area contributed by atoms with Crippen molar-refractivity contribution >= 4 is 13.7 Å². The summed E-state index contributed by atoms with van der Waals surface area (Å²) in [6.07, 6.45) is 88.5. The van der Waals surface area contributed by atoms with Gasteiger partial charge in [-0.3, -0.25) is 9.36 Å². The van der Waals surface area contributed by atoms with Crippen LogP contribution in [0.1, 0.15) is 284 Å². The third kappa shape index (κ3) is 62.8. The summed E-state index contributed by atoms with van der Waals surface area (Å²) >= 11 is 0. The van der Waals surface area contributed by atoms with Gasteiger partial charge in [-0.15, -0.1) is 0 Å². The third-order valence-electron chi connectivity index (χ3n) is 14.5. The number of quaternary nitrogens is 1. The van der Waals surface area contributed by atoms with E-state index in [1.54, 1.807) is 0 Å². The van der Waals surface area contributed by atoms with Gasteiger partial charge in [0.2, 0.25) is 5.91 Å². The Morgan fingerprint density at radius 2 is 0.762 bits per heavy atom. The average Bonchev–Trinajstić information content (AvgIpc) is 3.42. The quantitative estimate of drug-likeness (QED) is 0.0272. The van der Waals surface area contributed by atoms with Crippen LogP contribution in [0.25, 0.3) is 0 Å². The second-order valence-corrected chi connectivity index (χ2v) is 24.9. The molecule has 3 unspecified atom stereocenters. The molecule has 8 nitrogen and oxygen atoms in total. The molecule has 0 spiro atoms. The van der Waals surface area contributed by atoms with Crippen LogP contribution in [0.2, 0.25) is 0 Å². The number of aliphatic hydroxyl groups is 1. The minimum absolute atomic E-state index is 0.00796. The van der Waals surface area contributed by atoms with E-state index in [2.05, 4.69) is 129 Å².